The minimum atomic E-state index is 0.394. The van der Waals surface area contributed by atoms with Gasteiger partial charge < -0.3 is 11.1 Å². The van der Waals surface area contributed by atoms with Crippen LogP contribution in [-0.2, 0) is 0 Å². The molecule has 1 aliphatic rings. The Bertz CT molecular complexity index is 501. The summed E-state index contributed by atoms with van der Waals surface area (Å²) in [5, 5.41) is 12.0. The van der Waals surface area contributed by atoms with Crippen LogP contribution < -0.4 is 11.1 Å². The van der Waals surface area contributed by atoms with Crippen LogP contribution in [0.5, 0.6) is 0 Å². The van der Waals surface area contributed by atoms with Crippen LogP contribution in [0.15, 0.2) is 0 Å². The molecule has 1 fully saturated rings. The minimum Gasteiger partial charge on any atom is -0.389 e. The molecule has 1 aromatic rings. The van der Waals surface area contributed by atoms with Crippen molar-refractivity contribution in [1.82, 2.24) is 10.2 Å². The van der Waals surface area contributed by atoms with Crippen molar-refractivity contribution >= 4 is 23.0 Å². The number of aryl methyl sites for hydroxylation is 1. The summed E-state index contributed by atoms with van der Waals surface area (Å²) in [6, 6.07) is 0.449. The molecule has 0 aromatic carbocycles. The zero-order valence-electron chi connectivity index (χ0n) is 12.6. The van der Waals surface area contributed by atoms with Crippen molar-refractivity contribution in [3.05, 3.63) is 16.8 Å². The van der Waals surface area contributed by atoms with E-state index in [1.807, 2.05) is 13.8 Å². The molecule has 1 heterocycles. The monoisotopic (exact) mass is 292 g/mol. The first-order valence-corrected chi connectivity index (χ1v) is 7.80. The molecule has 0 amide bonds. The molecule has 2 rings (SSSR count). The Morgan fingerprint density at radius 1 is 1.20 bits per heavy atom. The molecule has 0 saturated heterocycles. The van der Waals surface area contributed by atoms with Crippen molar-refractivity contribution in [3.63, 3.8) is 0 Å². The van der Waals surface area contributed by atoms with Gasteiger partial charge in [-0.1, -0.05) is 32.0 Å². The van der Waals surface area contributed by atoms with Gasteiger partial charge in [0.15, 0.2) is 5.82 Å². The van der Waals surface area contributed by atoms with E-state index in [4.69, 9.17) is 18.0 Å². The maximum absolute atomic E-state index is 5.87. The van der Waals surface area contributed by atoms with Crippen LogP contribution in [-0.4, -0.2) is 21.2 Å². The first-order chi connectivity index (χ1) is 9.49. The number of nitrogens with two attached hydrogens (primary N) is 1. The highest BCUT2D eigenvalue weighted by molar-refractivity contribution is 7.80. The van der Waals surface area contributed by atoms with Gasteiger partial charge in [0.2, 0.25) is 0 Å². The van der Waals surface area contributed by atoms with Crippen LogP contribution in [0.2, 0.25) is 0 Å². The number of aromatic nitrogens is 2. The summed E-state index contributed by atoms with van der Waals surface area (Å²) >= 11 is 5.18. The zero-order chi connectivity index (χ0) is 14.7. The van der Waals surface area contributed by atoms with E-state index in [0.29, 0.717) is 11.0 Å². The molecule has 0 radical (unpaired) electrons. The van der Waals surface area contributed by atoms with Gasteiger partial charge in [0.25, 0.3) is 0 Å². The van der Waals surface area contributed by atoms with Crippen LogP contribution in [0.3, 0.4) is 0 Å². The highest BCUT2D eigenvalue weighted by atomic mass is 32.1. The quantitative estimate of drug-likeness (QED) is 0.662. The van der Waals surface area contributed by atoms with E-state index in [9.17, 15) is 0 Å². The third kappa shape index (κ3) is 3.45. The average Bonchev–Trinajstić information content (AvgIpc) is 2.59. The summed E-state index contributed by atoms with van der Waals surface area (Å²) in [5.74, 6) is 1.57. The number of thiocarbonyl (C=S) groups is 1. The first-order valence-electron chi connectivity index (χ1n) is 7.39. The summed E-state index contributed by atoms with van der Waals surface area (Å²) < 4.78 is 0. The largest absolute Gasteiger partial charge is 0.389 e. The smallest absolute Gasteiger partial charge is 0.159 e. The summed E-state index contributed by atoms with van der Waals surface area (Å²) in [5.41, 5.74) is 8.62. The Morgan fingerprint density at radius 3 is 2.65 bits per heavy atom. The maximum atomic E-state index is 5.87. The standard InChI is InChI=1S/C15H24N4S/c1-9-5-4-6-12(8-7-9)17-15-13(14(16)20)10(2)11(3)18-19-15/h9,12H,4-8H2,1-3H3,(H2,16,20)(H,17,19). The Morgan fingerprint density at radius 2 is 1.95 bits per heavy atom. The second kappa shape index (κ2) is 6.48. The van der Waals surface area contributed by atoms with Gasteiger partial charge in [-0.2, -0.15) is 5.10 Å². The molecule has 5 heteroatoms. The molecule has 0 spiro atoms. The lowest BCUT2D eigenvalue weighted by molar-refractivity contribution is 0.501. The minimum absolute atomic E-state index is 0.394. The third-order valence-corrected chi connectivity index (χ3v) is 4.50. The lowest BCUT2D eigenvalue weighted by atomic mass is 10.0. The fourth-order valence-corrected chi connectivity index (χ4v) is 3.09. The molecule has 2 atom stereocenters. The third-order valence-electron chi connectivity index (χ3n) is 4.30. The number of rotatable bonds is 3. The SMILES string of the molecule is Cc1nnc(NC2CCCC(C)CC2)c(C(N)=S)c1C. The molecule has 4 nitrogen and oxygen atoms in total. The molecule has 110 valence electrons. The van der Waals surface area contributed by atoms with Gasteiger partial charge in [-0.05, 0) is 44.6 Å². The van der Waals surface area contributed by atoms with E-state index < -0.39 is 0 Å². The van der Waals surface area contributed by atoms with Gasteiger partial charge in [-0.25, -0.2) is 0 Å². The van der Waals surface area contributed by atoms with Crippen LogP contribution >= 0.6 is 12.2 Å². The van der Waals surface area contributed by atoms with E-state index >= 15 is 0 Å². The lowest BCUT2D eigenvalue weighted by Crippen LogP contribution is -2.24. The normalized spacial score (nSPS) is 23.1. The average molecular weight is 292 g/mol. The summed E-state index contributed by atoms with van der Waals surface area (Å²) in [6.45, 7) is 6.26. The van der Waals surface area contributed by atoms with Gasteiger partial charge in [0, 0.05) is 6.04 Å². The molecular formula is C15H24N4S. The molecule has 1 aliphatic carbocycles. The molecule has 2 unspecified atom stereocenters. The first kappa shape index (κ1) is 15.2. The fraction of sp³-hybridized carbons (Fsp3) is 0.667. The second-order valence-electron chi connectivity index (χ2n) is 5.95. The van der Waals surface area contributed by atoms with Crippen molar-refractivity contribution in [3.8, 4) is 0 Å². The van der Waals surface area contributed by atoms with Gasteiger partial charge >= 0.3 is 0 Å². The van der Waals surface area contributed by atoms with Gasteiger partial charge in [-0.3, -0.25) is 0 Å². The fourth-order valence-electron chi connectivity index (χ4n) is 2.84. The van der Waals surface area contributed by atoms with E-state index in [1.54, 1.807) is 0 Å². The zero-order valence-corrected chi connectivity index (χ0v) is 13.4. The number of nitrogens with zero attached hydrogens (tertiary/aromatic N) is 2. The van der Waals surface area contributed by atoms with Gasteiger partial charge in [0.05, 0.1) is 11.3 Å². The van der Waals surface area contributed by atoms with Crippen molar-refractivity contribution in [2.75, 3.05) is 5.32 Å². The highest BCUT2D eigenvalue weighted by Gasteiger charge is 2.20. The van der Waals surface area contributed by atoms with Crippen molar-refractivity contribution < 1.29 is 0 Å². The van der Waals surface area contributed by atoms with Gasteiger partial charge in [0.1, 0.15) is 4.99 Å². The number of nitrogens with one attached hydrogen (secondary N) is 1. The van der Waals surface area contributed by atoms with Crippen LogP contribution in [0.1, 0.15) is 55.8 Å². The maximum Gasteiger partial charge on any atom is 0.159 e. The summed E-state index contributed by atoms with van der Waals surface area (Å²) in [7, 11) is 0. The molecular weight excluding hydrogens is 268 g/mol. The Labute approximate surface area is 126 Å². The Balaban J connectivity index is 2.20. The number of anilines is 1. The van der Waals surface area contributed by atoms with E-state index in [-0.39, 0.29) is 0 Å². The molecule has 3 N–H and O–H groups in total. The van der Waals surface area contributed by atoms with Crippen molar-refractivity contribution in [2.45, 2.75) is 58.9 Å². The van der Waals surface area contributed by atoms with Crippen LogP contribution in [0.25, 0.3) is 0 Å². The Hall–Kier alpha value is -1.23. The van der Waals surface area contributed by atoms with Crippen LogP contribution in [0, 0.1) is 19.8 Å². The second-order valence-corrected chi connectivity index (χ2v) is 6.39. The molecule has 1 aromatic heterocycles. The van der Waals surface area contributed by atoms with E-state index in [2.05, 4.69) is 22.4 Å². The molecule has 1 saturated carbocycles. The van der Waals surface area contributed by atoms with Gasteiger partial charge in [-0.15, -0.1) is 5.10 Å². The predicted molar refractivity (Wildman–Crippen MR) is 87.1 cm³/mol. The van der Waals surface area contributed by atoms with E-state index in [1.165, 1.54) is 32.1 Å². The Kier molecular flexibility index (Phi) is 4.91. The predicted octanol–water partition coefficient (Wildman–Crippen LogP) is 3.11. The number of hydrogen-bond acceptors (Lipinski definition) is 4. The van der Waals surface area contributed by atoms with Crippen molar-refractivity contribution in [1.29, 1.82) is 0 Å². The number of hydrogen-bond donors (Lipinski definition) is 2. The highest BCUT2D eigenvalue weighted by Crippen LogP contribution is 2.26. The van der Waals surface area contributed by atoms with Crippen LogP contribution in [0.4, 0.5) is 5.82 Å². The summed E-state index contributed by atoms with van der Waals surface area (Å²) in [4.78, 5) is 0.394. The molecule has 0 bridgehead atoms. The molecule has 20 heavy (non-hydrogen) atoms. The molecule has 0 aliphatic heterocycles. The summed E-state index contributed by atoms with van der Waals surface area (Å²) in [6.07, 6.45) is 6.19. The van der Waals surface area contributed by atoms with E-state index in [0.717, 1.165) is 28.6 Å². The topological polar surface area (TPSA) is 63.8 Å². The van der Waals surface area contributed by atoms with Crippen molar-refractivity contribution in [2.24, 2.45) is 11.7 Å². The lowest BCUT2D eigenvalue weighted by Gasteiger charge is -2.20.